The van der Waals surface area contributed by atoms with Crippen LogP contribution in [0.25, 0.3) is 0 Å². The predicted octanol–water partition coefficient (Wildman–Crippen LogP) is 3.86. The number of aromatic nitrogens is 2. The summed E-state index contributed by atoms with van der Waals surface area (Å²) in [7, 11) is 1.74. The molecule has 1 aliphatic rings. The van der Waals surface area contributed by atoms with Crippen molar-refractivity contribution in [1.82, 2.24) is 9.78 Å². The van der Waals surface area contributed by atoms with Crippen LogP contribution < -0.4 is 10.6 Å². The molecule has 3 heterocycles. The minimum atomic E-state index is -0.335. The van der Waals surface area contributed by atoms with Crippen molar-refractivity contribution in [3.05, 3.63) is 62.8 Å². The van der Waals surface area contributed by atoms with Crippen LogP contribution in [0.2, 0.25) is 5.02 Å². The molecule has 0 radical (unpaired) electrons. The minimum absolute atomic E-state index is 0.0668. The number of carbonyl (C=O) groups is 2. The van der Waals surface area contributed by atoms with E-state index in [1.54, 1.807) is 47.3 Å². The van der Waals surface area contributed by atoms with E-state index in [2.05, 4.69) is 15.7 Å². The summed E-state index contributed by atoms with van der Waals surface area (Å²) in [4.78, 5) is 25.8. The van der Waals surface area contributed by atoms with Gasteiger partial charge in [-0.15, -0.1) is 11.3 Å². The summed E-state index contributed by atoms with van der Waals surface area (Å²) in [6.07, 6.45) is 0.314. The van der Waals surface area contributed by atoms with Crippen molar-refractivity contribution in [3.8, 4) is 0 Å². The van der Waals surface area contributed by atoms with E-state index in [1.807, 2.05) is 17.5 Å². The van der Waals surface area contributed by atoms with Gasteiger partial charge in [-0.1, -0.05) is 29.8 Å². The fourth-order valence-electron chi connectivity index (χ4n) is 3.13. The molecule has 6 nitrogen and oxygen atoms in total. The Morgan fingerprint density at radius 1 is 1.35 bits per heavy atom. The largest absolute Gasteiger partial charge is 0.311 e. The molecule has 4 rings (SSSR count). The number of rotatable bonds is 3. The first-order valence-electron chi connectivity index (χ1n) is 8.00. The van der Waals surface area contributed by atoms with Crippen molar-refractivity contribution in [2.45, 2.75) is 12.3 Å². The zero-order valence-corrected chi connectivity index (χ0v) is 15.4. The highest BCUT2D eigenvalue weighted by Gasteiger charge is 2.34. The Hall–Kier alpha value is -2.64. The van der Waals surface area contributed by atoms with E-state index in [4.69, 9.17) is 11.6 Å². The van der Waals surface area contributed by atoms with E-state index in [0.717, 1.165) is 10.4 Å². The zero-order valence-electron chi connectivity index (χ0n) is 13.8. The van der Waals surface area contributed by atoms with E-state index in [0.29, 0.717) is 28.6 Å². The molecule has 0 saturated heterocycles. The molecule has 1 aliphatic heterocycles. The Labute approximate surface area is 158 Å². The maximum Gasteiger partial charge on any atom is 0.258 e. The number of carbonyl (C=O) groups excluding carboxylic acids is 2. The first-order chi connectivity index (χ1) is 12.5. The highest BCUT2D eigenvalue weighted by molar-refractivity contribution is 7.10. The molecule has 0 fully saturated rings. The Morgan fingerprint density at radius 3 is 2.88 bits per heavy atom. The van der Waals surface area contributed by atoms with Crippen molar-refractivity contribution in [2.24, 2.45) is 7.05 Å². The normalized spacial score (nSPS) is 16.1. The van der Waals surface area contributed by atoms with Crippen molar-refractivity contribution >= 4 is 46.4 Å². The minimum Gasteiger partial charge on any atom is -0.311 e. The average Bonchev–Trinajstić information content (AvgIpc) is 3.24. The fourth-order valence-corrected chi connectivity index (χ4v) is 4.19. The maximum absolute atomic E-state index is 12.7. The summed E-state index contributed by atoms with van der Waals surface area (Å²) in [6.45, 7) is 0. The molecule has 1 atom stereocenters. The number of hydrogen-bond acceptors (Lipinski definition) is 4. The summed E-state index contributed by atoms with van der Waals surface area (Å²) in [5, 5.41) is 12.5. The zero-order chi connectivity index (χ0) is 18.3. The summed E-state index contributed by atoms with van der Waals surface area (Å²) >= 11 is 7.70. The fraction of sp³-hybridized carbons (Fsp3) is 0.167. The van der Waals surface area contributed by atoms with Crippen molar-refractivity contribution in [2.75, 3.05) is 10.6 Å². The Morgan fingerprint density at radius 2 is 2.15 bits per heavy atom. The van der Waals surface area contributed by atoms with Crippen LogP contribution >= 0.6 is 22.9 Å². The summed E-state index contributed by atoms with van der Waals surface area (Å²) in [5.74, 6) is 0.495. The molecule has 2 aromatic heterocycles. The van der Waals surface area contributed by atoms with Gasteiger partial charge in [0.2, 0.25) is 5.91 Å². The third kappa shape index (κ3) is 2.89. The maximum atomic E-state index is 12.7. The van der Waals surface area contributed by atoms with Crippen LogP contribution in [0.3, 0.4) is 0 Å². The van der Waals surface area contributed by atoms with Crippen LogP contribution in [-0.2, 0) is 11.8 Å². The highest BCUT2D eigenvalue weighted by atomic mass is 35.5. The molecule has 0 aliphatic carbocycles. The molecular weight excluding hydrogens is 372 g/mol. The van der Waals surface area contributed by atoms with Crippen molar-refractivity contribution in [1.29, 1.82) is 0 Å². The first kappa shape index (κ1) is 16.8. The number of benzene rings is 1. The smallest absolute Gasteiger partial charge is 0.258 e. The van der Waals surface area contributed by atoms with Gasteiger partial charge in [-0.05, 0) is 23.6 Å². The lowest BCUT2D eigenvalue weighted by atomic mass is 9.92. The van der Waals surface area contributed by atoms with Crippen LogP contribution in [0.4, 0.5) is 11.6 Å². The molecule has 0 spiro atoms. The van der Waals surface area contributed by atoms with Gasteiger partial charge in [-0.3, -0.25) is 14.3 Å². The second kappa shape index (κ2) is 6.59. The van der Waals surface area contributed by atoms with Crippen molar-refractivity contribution < 1.29 is 9.59 Å². The second-order valence-corrected chi connectivity index (χ2v) is 7.38. The summed E-state index contributed by atoms with van der Waals surface area (Å²) in [6, 6.07) is 10.8. The molecule has 0 saturated carbocycles. The predicted molar refractivity (Wildman–Crippen MR) is 102 cm³/mol. The molecule has 1 unspecified atom stereocenters. The van der Waals surface area contributed by atoms with Crippen molar-refractivity contribution in [3.63, 3.8) is 0 Å². The first-order valence-corrected chi connectivity index (χ1v) is 9.26. The second-order valence-electron chi connectivity index (χ2n) is 5.99. The lowest BCUT2D eigenvalue weighted by Gasteiger charge is -2.23. The average molecular weight is 387 g/mol. The summed E-state index contributed by atoms with van der Waals surface area (Å²) < 4.78 is 1.58. The highest BCUT2D eigenvalue weighted by Crippen LogP contribution is 2.42. The molecule has 2 N–H and O–H groups in total. The molecule has 132 valence electrons. The number of nitrogens with one attached hydrogen (secondary N) is 2. The Bertz CT molecular complexity index is 997. The van der Waals surface area contributed by atoms with E-state index in [1.165, 1.54) is 0 Å². The van der Waals surface area contributed by atoms with Gasteiger partial charge in [0.05, 0.1) is 10.6 Å². The Balaban J connectivity index is 1.75. The molecule has 0 bridgehead atoms. The van der Waals surface area contributed by atoms with E-state index >= 15 is 0 Å². The van der Waals surface area contributed by atoms with Crippen LogP contribution in [0.5, 0.6) is 0 Å². The molecular formula is C18H15ClN4O2S. The molecule has 26 heavy (non-hydrogen) atoms. The molecule has 3 aromatic rings. The van der Waals surface area contributed by atoms with Crippen LogP contribution in [-0.4, -0.2) is 21.6 Å². The van der Waals surface area contributed by atoms with Gasteiger partial charge in [0, 0.05) is 29.8 Å². The number of anilines is 2. The number of nitrogens with zero attached hydrogens (tertiary/aromatic N) is 2. The van der Waals surface area contributed by atoms with E-state index in [-0.39, 0.29) is 17.7 Å². The molecule has 1 aromatic carbocycles. The number of halogens is 1. The SMILES string of the molecule is Cn1nc(NC(=O)c2ccccc2Cl)c2c1NC(=O)CC2c1cccs1. The summed E-state index contributed by atoms with van der Waals surface area (Å²) in [5.41, 5.74) is 1.19. The number of thiophene rings is 1. The van der Waals surface area contributed by atoms with Crippen LogP contribution in [0.1, 0.15) is 33.1 Å². The monoisotopic (exact) mass is 386 g/mol. The standard InChI is InChI=1S/C18H15ClN4O2S/c1-23-17-15(11(9-14(24)20-17)13-7-4-8-26-13)16(22-23)21-18(25)10-5-2-3-6-12(10)19/h2-8,11H,9H2,1H3,(H,20,24)(H,21,22,25). The van der Waals surface area contributed by atoms with Crippen LogP contribution in [0.15, 0.2) is 41.8 Å². The molecule has 2 amide bonds. The van der Waals surface area contributed by atoms with Gasteiger partial charge in [-0.25, -0.2) is 0 Å². The van der Waals surface area contributed by atoms with Gasteiger partial charge in [0.15, 0.2) is 5.82 Å². The molecule has 8 heteroatoms. The van der Waals surface area contributed by atoms with Gasteiger partial charge >= 0.3 is 0 Å². The number of fused-ring (bicyclic) bond motifs is 1. The van der Waals surface area contributed by atoms with Gasteiger partial charge in [0.25, 0.3) is 5.91 Å². The van der Waals surface area contributed by atoms with Gasteiger partial charge < -0.3 is 10.6 Å². The Kier molecular flexibility index (Phi) is 4.26. The lowest BCUT2D eigenvalue weighted by molar-refractivity contribution is -0.116. The van der Waals surface area contributed by atoms with Crippen LogP contribution in [0, 0.1) is 0 Å². The number of hydrogen-bond donors (Lipinski definition) is 2. The van der Waals surface area contributed by atoms with Gasteiger partial charge in [0.1, 0.15) is 5.82 Å². The third-order valence-corrected chi connectivity index (χ3v) is 5.63. The van der Waals surface area contributed by atoms with Gasteiger partial charge in [-0.2, -0.15) is 5.10 Å². The third-order valence-electron chi connectivity index (χ3n) is 4.32. The van der Waals surface area contributed by atoms with E-state index < -0.39 is 0 Å². The van der Waals surface area contributed by atoms with E-state index in [9.17, 15) is 9.59 Å². The lowest BCUT2D eigenvalue weighted by Crippen LogP contribution is -2.24. The number of amides is 2. The number of aryl methyl sites for hydroxylation is 1. The quantitative estimate of drug-likeness (QED) is 0.717. The topological polar surface area (TPSA) is 76.0 Å².